The minimum atomic E-state index is -1.10. The third-order valence-electron chi connectivity index (χ3n) is 3.20. The zero-order chi connectivity index (χ0) is 18.4. The van der Waals surface area contributed by atoms with Crippen molar-refractivity contribution >= 4 is 23.9 Å². The summed E-state index contributed by atoms with van der Waals surface area (Å²) >= 11 is 0. The Balaban J connectivity index is 3.09. The van der Waals surface area contributed by atoms with E-state index in [0.29, 0.717) is 0 Å². The van der Waals surface area contributed by atoms with Gasteiger partial charge in [0.25, 0.3) is 0 Å². The Morgan fingerprint density at radius 3 is 1.79 bits per heavy atom. The molecule has 9 heteroatoms. The van der Waals surface area contributed by atoms with Crippen LogP contribution in [0, 0.1) is 0 Å². The van der Waals surface area contributed by atoms with Gasteiger partial charge in [0.1, 0.15) is 12.2 Å². The second-order valence-corrected chi connectivity index (χ2v) is 5.41. The van der Waals surface area contributed by atoms with E-state index in [2.05, 4.69) is 0 Å². The average Bonchev–Trinajstić information content (AvgIpc) is 2.39. The number of hydrogen-bond donors (Lipinski definition) is 0. The van der Waals surface area contributed by atoms with Crippen LogP contribution in [-0.4, -0.2) is 61.0 Å². The smallest absolute Gasteiger partial charge is 0.303 e. The highest BCUT2D eigenvalue weighted by Crippen LogP contribution is 2.27. The topological polar surface area (TPSA) is 114 Å². The number of carbonyl (C=O) groups is 4. The maximum absolute atomic E-state index is 11.4. The van der Waals surface area contributed by atoms with E-state index >= 15 is 0 Å². The van der Waals surface area contributed by atoms with Gasteiger partial charge in [-0.1, -0.05) is 0 Å². The molecular weight excluding hydrogens is 324 g/mol. The summed E-state index contributed by atoms with van der Waals surface area (Å²) in [7, 11) is 0. The minimum Gasteiger partial charge on any atom is -0.460 e. The number of ether oxygens (including phenoxy) is 5. The highest BCUT2D eigenvalue weighted by Gasteiger charge is 2.49. The van der Waals surface area contributed by atoms with Gasteiger partial charge in [-0.05, 0) is 6.92 Å². The Morgan fingerprint density at radius 1 is 0.833 bits per heavy atom. The van der Waals surface area contributed by atoms with E-state index < -0.39 is 54.4 Å². The highest BCUT2D eigenvalue weighted by atomic mass is 16.7. The SMILES string of the molecule is CC(=O)O[C@@H]1[C@H](OC(C)=O)[C@@H](OC(C)=O)CO[C@@H]1[C@@H](C)OC(C)=O. The van der Waals surface area contributed by atoms with Gasteiger partial charge in [0.2, 0.25) is 0 Å². The molecule has 1 aliphatic rings. The summed E-state index contributed by atoms with van der Waals surface area (Å²) in [5.74, 6) is -2.44. The summed E-state index contributed by atoms with van der Waals surface area (Å²) in [4.78, 5) is 45.2. The van der Waals surface area contributed by atoms with Crippen molar-refractivity contribution in [2.45, 2.75) is 65.1 Å². The van der Waals surface area contributed by atoms with Gasteiger partial charge in [-0.2, -0.15) is 0 Å². The lowest BCUT2D eigenvalue weighted by Crippen LogP contribution is -2.60. The van der Waals surface area contributed by atoms with E-state index in [1.807, 2.05) is 0 Å². The van der Waals surface area contributed by atoms with Crippen molar-refractivity contribution in [2.24, 2.45) is 0 Å². The van der Waals surface area contributed by atoms with E-state index in [-0.39, 0.29) is 6.61 Å². The fourth-order valence-electron chi connectivity index (χ4n) is 2.50. The predicted octanol–water partition coefficient (Wildman–Crippen LogP) is 0.132. The lowest BCUT2D eigenvalue weighted by Gasteiger charge is -2.42. The Morgan fingerprint density at radius 2 is 1.33 bits per heavy atom. The van der Waals surface area contributed by atoms with Crippen molar-refractivity contribution in [1.82, 2.24) is 0 Å². The molecule has 0 saturated carbocycles. The van der Waals surface area contributed by atoms with Crippen molar-refractivity contribution in [3.8, 4) is 0 Å². The first-order valence-corrected chi connectivity index (χ1v) is 7.42. The van der Waals surface area contributed by atoms with Crippen molar-refractivity contribution in [2.75, 3.05) is 6.61 Å². The Kier molecular flexibility index (Phi) is 7.15. The van der Waals surface area contributed by atoms with E-state index in [9.17, 15) is 19.2 Å². The lowest BCUT2D eigenvalue weighted by atomic mass is 9.96. The summed E-state index contributed by atoms with van der Waals surface area (Å²) < 4.78 is 26.1. The molecule has 1 heterocycles. The quantitative estimate of drug-likeness (QED) is 0.506. The Bertz CT molecular complexity index is 501. The molecule has 5 atom stereocenters. The summed E-state index contributed by atoms with van der Waals surface area (Å²) in [5, 5.41) is 0. The molecule has 0 unspecified atom stereocenters. The van der Waals surface area contributed by atoms with E-state index in [1.165, 1.54) is 27.7 Å². The maximum atomic E-state index is 11.4. The number of carbonyl (C=O) groups excluding carboxylic acids is 4. The summed E-state index contributed by atoms with van der Waals surface area (Å²) in [5.41, 5.74) is 0. The molecule has 1 aliphatic heterocycles. The standard InChI is InChI=1S/C15H22O9/c1-7(21-8(2)16)13-15(24-11(5)19)14(23-10(4)18)12(6-20-13)22-9(3)17/h7,12-15H,6H2,1-5H3/t7-,12+,13-,14-,15+/m1/s1. The van der Waals surface area contributed by atoms with Gasteiger partial charge in [0.15, 0.2) is 18.3 Å². The molecule has 1 rings (SSSR count). The van der Waals surface area contributed by atoms with Crippen LogP contribution in [-0.2, 0) is 42.9 Å². The van der Waals surface area contributed by atoms with Gasteiger partial charge >= 0.3 is 23.9 Å². The first-order chi connectivity index (χ1) is 11.1. The van der Waals surface area contributed by atoms with Crippen molar-refractivity contribution in [1.29, 1.82) is 0 Å². The van der Waals surface area contributed by atoms with Gasteiger partial charge < -0.3 is 23.7 Å². The summed E-state index contributed by atoms with van der Waals surface area (Å²) in [6.07, 6.45) is -4.78. The number of hydrogen-bond acceptors (Lipinski definition) is 9. The van der Waals surface area contributed by atoms with Crippen LogP contribution in [0.3, 0.4) is 0 Å². The first kappa shape index (κ1) is 19.9. The summed E-state index contributed by atoms with van der Waals surface area (Å²) in [6.45, 7) is 6.22. The lowest BCUT2D eigenvalue weighted by molar-refractivity contribution is -0.239. The van der Waals surface area contributed by atoms with Gasteiger partial charge in [0, 0.05) is 27.7 Å². The zero-order valence-corrected chi connectivity index (χ0v) is 14.3. The molecule has 0 N–H and O–H groups in total. The maximum Gasteiger partial charge on any atom is 0.303 e. The molecule has 9 nitrogen and oxygen atoms in total. The largest absolute Gasteiger partial charge is 0.460 e. The van der Waals surface area contributed by atoms with Crippen LogP contribution in [0.2, 0.25) is 0 Å². The second-order valence-electron chi connectivity index (χ2n) is 5.41. The monoisotopic (exact) mass is 346 g/mol. The van der Waals surface area contributed by atoms with Crippen LogP contribution in [0.1, 0.15) is 34.6 Å². The van der Waals surface area contributed by atoms with Crippen LogP contribution in [0.15, 0.2) is 0 Å². The minimum absolute atomic E-state index is 0.106. The predicted molar refractivity (Wildman–Crippen MR) is 77.6 cm³/mol. The van der Waals surface area contributed by atoms with Crippen LogP contribution in [0.5, 0.6) is 0 Å². The molecule has 0 bridgehead atoms. The van der Waals surface area contributed by atoms with Crippen LogP contribution < -0.4 is 0 Å². The van der Waals surface area contributed by atoms with E-state index in [1.54, 1.807) is 6.92 Å². The average molecular weight is 346 g/mol. The molecule has 0 aromatic carbocycles. The van der Waals surface area contributed by atoms with Crippen molar-refractivity contribution in [3.63, 3.8) is 0 Å². The molecule has 0 spiro atoms. The molecule has 0 aliphatic carbocycles. The van der Waals surface area contributed by atoms with Crippen molar-refractivity contribution < 1.29 is 42.9 Å². The normalized spacial score (nSPS) is 27.5. The Hall–Kier alpha value is -2.16. The van der Waals surface area contributed by atoms with Crippen LogP contribution >= 0.6 is 0 Å². The highest BCUT2D eigenvalue weighted by molar-refractivity contribution is 5.68. The molecule has 136 valence electrons. The molecule has 24 heavy (non-hydrogen) atoms. The van der Waals surface area contributed by atoms with Gasteiger partial charge in [0.05, 0.1) is 6.61 Å². The van der Waals surface area contributed by atoms with Gasteiger partial charge in [-0.25, -0.2) is 0 Å². The second kappa shape index (κ2) is 8.62. The molecule has 0 radical (unpaired) electrons. The van der Waals surface area contributed by atoms with Crippen LogP contribution in [0.25, 0.3) is 0 Å². The summed E-state index contributed by atoms with van der Waals surface area (Å²) in [6, 6.07) is 0. The third-order valence-corrected chi connectivity index (χ3v) is 3.20. The molecule has 0 aromatic rings. The fourth-order valence-corrected chi connectivity index (χ4v) is 2.50. The molecule has 1 saturated heterocycles. The first-order valence-electron chi connectivity index (χ1n) is 7.42. The molecule has 0 aromatic heterocycles. The van der Waals surface area contributed by atoms with Gasteiger partial charge in [-0.15, -0.1) is 0 Å². The Labute approximate surface area is 139 Å². The molecular formula is C15H22O9. The fraction of sp³-hybridized carbons (Fsp3) is 0.733. The molecule has 1 fully saturated rings. The van der Waals surface area contributed by atoms with E-state index in [4.69, 9.17) is 23.7 Å². The third kappa shape index (κ3) is 5.80. The molecule has 0 amide bonds. The van der Waals surface area contributed by atoms with E-state index in [0.717, 1.165) is 0 Å². The number of esters is 4. The van der Waals surface area contributed by atoms with Gasteiger partial charge in [-0.3, -0.25) is 19.2 Å². The number of rotatable bonds is 5. The zero-order valence-electron chi connectivity index (χ0n) is 14.3. The van der Waals surface area contributed by atoms with Crippen LogP contribution in [0.4, 0.5) is 0 Å². The van der Waals surface area contributed by atoms with Crippen molar-refractivity contribution in [3.05, 3.63) is 0 Å².